The van der Waals surface area contributed by atoms with Crippen LogP contribution >= 0.6 is 11.3 Å². The molecule has 0 fully saturated rings. The lowest BCUT2D eigenvalue weighted by Crippen LogP contribution is -2.15. The first-order valence-corrected chi connectivity index (χ1v) is 8.96. The van der Waals surface area contributed by atoms with Gasteiger partial charge in [0.05, 0.1) is 31.7 Å². The summed E-state index contributed by atoms with van der Waals surface area (Å²) in [5.41, 5.74) is 2.82. The third kappa shape index (κ3) is 5.86. The summed E-state index contributed by atoms with van der Waals surface area (Å²) in [6.45, 7) is 6.39. The summed E-state index contributed by atoms with van der Waals surface area (Å²) in [6.07, 6.45) is 0.329. The molecule has 1 aromatic heterocycles. The number of ether oxygens (including phenoxy) is 2. The van der Waals surface area contributed by atoms with Gasteiger partial charge in [0.15, 0.2) is 5.13 Å². The summed E-state index contributed by atoms with van der Waals surface area (Å²) in [5, 5.41) is 4.92. The minimum absolute atomic E-state index is 0.107. The van der Waals surface area contributed by atoms with Crippen LogP contribution in [0, 0.1) is 13.8 Å². The number of hydrogen-bond donors (Lipinski definition) is 1. The number of carbonyl (C=O) groups is 2. The van der Waals surface area contributed by atoms with Crippen molar-refractivity contribution in [2.75, 3.05) is 18.5 Å². The molecule has 1 N–H and O–H groups in total. The number of anilines is 1. The van der Waals surface area contributed by atoms with E-state index in [0.717, 1.165) is 16.9 Å². The standard InChI is InChI=1S/C18H22N2O4S/c1-4-23-17(22)10-14-11-25-18(19-14)20-16(21)8-9-24-15-7-5-6-12(2)13(15)3/h5-7,11H,4,8-10H2,1-3H3,(H,19,20,21). The maximum absolute atomic E-state index is 12.0. The van der Waals surface area contributed by atoms with E-state index in [1.165, 1.54) is 11.3 Å². The van der Waals surface area contributed by atoms with Crippen LogP contribution in [0.1, 0.15) is 30.2 Å². The molecule has 0 saturated heterocycles. The van der Waals surface area contributed by atoms with Gasteiger partial charge in [0.25, 0.3) is 0 Å². The largest absolute Gasteiger partial charge is 0.493 e. The Kier molecular flexibility index (Phi) is 6.94. The van der Waals surface area contributed by atoms with E-state index in [2.05, 4.69) is 10.3 Å². The van der Waals surface area contributed by atoms with Gasteiger partial charge in [-0.2, -0.15) is 0 Å². The number of nitrogens with one attached hydrogen (secondary N) is 1. The van der Waals surface area contributed by atoms with Gasteiger partial charge < -0.3 is 14.8 Å². The van der Waals surface area contributed by atoms with Gasteiger partial charge in [0.1, 0.15) is 5.75 Å². The van der Waals surface area contributed by atoms with Crippen molar-refractivity contribution >= 4 is 28.3 Å². The number of carbonyl (C=O) groups excluding carboxylic acids is 2. The molecule has 1 amide bonds. The maximum atomic E-state index is 12.0. The molecule has 2 rings (SSSR count). The van der Waals surface area contributed by atoms with Crippen molar-refractivity contribution in [2.24, 2.45) is 0 Å². The molecular formula is C18H22N2O4S. The number of amides is 1. The molecule has 0 aliphatic rings. The van der Waals surface area contributed by atoms with Crippen molar-refractivity contribution < 1.29 is 19.1 Å². The highest BCUT2D eigenvalue weighted by Crippen LogP contribution is 2.21. The van der Waals surface area contributed by atoms with Crippen LogP contribution < -0.4 is 10.1 Å². The summed E-state index contributed by atoms with van der Waals surface area (Å²) in [5.74, 6) is 0.286. The van der Waals surface area contributed by atoms with E-state index in [4.69, 9.17) is 9.47 Å². The first kappa shape index (κ1) is 18.9. The zero-order valence-electron chi connectivity index (χ0n) is 14.6. The topological polar surface area (TPSA) is 77.5 Å². The number of aromatic nitrogens is 1. The SMILES string of the molecule is CCOC(=O)Cc1csc(NC(=O)CCOc2cccc(C)c2C)n1. The van der Waals surface area contributed by atoms with Crippen LogP contribution in [0.3, 0.4) is 0 Å². The lowest BCUT2D eigenvalue weighted by molar-refractivity contribution is -0.142. The van der Waals surface area contributed by atoms with Crippen LogP contribution in [0.15, 0.2) is 23.6 Å². The predicted molar refractivity (Wildman–Crippen MR) is 97.1 cm³/mol. The molecule has 0 radical (unpaired) electrons. The van der Waals surface area contributed by atoms with Crippen LogP contribution in [0.5, 0.6) is 5.75 Å². The highest BCUT2D eigenvalue weighted by Gasteiger charge is 2.11. The average Bonchev–Trinajstić information content (AvgIpc) is 2.98. The molecule has 0 unspecified atom stereocenters. The van der Waals surface area contributed by atoms with Gasteiger partial charge in [0.2, 0.25) is 5.91 Å². The highest BCUT2D eigenvalue weighted by molar-refractivity contribution is 7.13. The molecule has 1 heterocycles. The minimum Gasteiger partial charge on any atom is -0.493 e. The summed E-state index contributed by atoms with van der Waals surface area (Å²) < 4.78 is 10.5. The Morgan fingerprint density at radius 3 is 2.84 bits per heavy atom. The molecule has 7 heteroatoms. The fraction of sp³-hybridized carbons (Fsp3) is 0.389. The van der Waals surface area contributed by atoms with Gasteiger partial charge in [-0.1, -0.05) is 12.1 Å². The van der Waals surface area contributed by atoms with Gasteiger partial charge in [-0.25, -0.2) is 4.98 Å². The van der Waals surface area contributed by atoms with Crippen molar-refractivity contribution in [1.82, 2.24) is 4.98 Å². The monoisotopic (exact) mass is 362 g/mol. The summed E-state index contributed by atoms with van der Waals surface area (Å²) in [7, 11) is 0. The Morgan fingerprint density at radius 1 is 1.28 bits per heavy atom. The van der Waals surface area contributed by atoms with Gasteiger partial charge >= 0.3 is 5.97 Å². The molecule has 0 bridgehead atoms. The molecule has 2 aromatic rings. The third-order valence-corrected chi connectivity index (χ3v) is 4.38. The molecule has 1 aromatic carbocycles. The summed E-state index contributed by atoms with van der Waals surface area (Å²) >= 11 is 1.28. The molecule has 0 aliphatic heterocycles. The third-order valence-electron chi connectivity index (χ3n) is 3.57. The number of nitrogens with zero attached hydrogens (tertiary/aromatic N) is 1. The van der Waals surface area contributed by atoms with E-state index in [1.807, 2.05) is 32.0 Å². The minimum atomic E-state index is -0.326. The van der Waals surface area contributed by atoms with Gasteiger partial charge in [-0.05, 0) is 38.0 Å². The molecule has 0 aliphatic carbocycles. The number of rotatable bonds is 8. The smallest absolute Gasteiger partial charge is 0.311 e. The summed E-state index contributed by atoms with van der Waals surface area (Å²) in [4.78, 5) is 27.6. The second-order valence-corrected chi connectivity index (χ2v) is 6.33. The normalized spacial score (nSPS) is 10.4. The number of hydrogen-bond acceptors (Lipinski definition) is 6. The van der Waals surface area contributed by atoms with Crippen molar-refractivity contribution in [3.05, 3.63) is 40.4 Å². The Morgan fingerprint density at radius 2 is 2.08 bits per heavy atom. The van der Waals surface area contributed by atoms with Crippen molar-refractivity contribution in [3.63, 3.8) is 0 Å². The molecule has 0 spiro atoms. The second kappa shape index (κ2) is 9.17. The number of esters is 1. The van der Waals surface area contributed by atoms with Crippen LogP contribution in [-0.4, -0.2) is 30.1 Å². The van der Waals surface area contributed by atoms with E-state index >= 15 is 0 Å². The predicted octanol–water partition coefficient (Wildman–Crippen LogP) is 3.27. The fourth-order valence-electron chi connectivity index (χ4n) is 2.12. The Hall–Kier alpha value is -2.41. The average molecular weight is 362 g/mol. The molecule has 0 saturated carbocycles. The number of aryl methyl sites for hydroxylation is 1. The van der Waals surface area contributed by atoms with Crippen LogP contribution in [-0.2, 0) is 20.7 Å². The Balaban J connectivity index is 1.78. The van der Waals surface area contributed by atoms with Crippen molar-refractivity contribution in [2.45, 2.75) is 33.6 Å². The molecule has 25 heavy (non-hydrogen) atoms. The number of thiazole rings is 1. The van der Waals surface area contributed by atoms with E-state index in [-0.39, 0.29) is 31.3 Å². The van der Waals surface area contributed by atoms with Gasteiger partial charge in [-0.3, -0.25) is 9.59 Å². The van der Waals surface area contributed by atoms with Gasteiger partial charge in [0, 0.05) is 5.38 Å². The zero-order chi connectivity index (χ0) is 18.2. The first-order valence-electron chi connectivity index (χ1n) is 8.08. The Labute approximate surface area is 151 Å². The van der Waals surface area contributed by atoms with E-state index in [0.29, 0.717) is 17.4 Å². The highest BCUT2D eigenvalue weighted by atomic mass is 32.1. The maximum Gasteiger partial charge on any atom is 0.311 e. The lowest BCUT2D eigenvalue weighted by Gasteiger charge is -2.10. The number of benzene rings is 1. The van der Waals surface area contributed by atoms with E-state index < -0.39 is 0 Å². The van der Waals surface area contributed by atoms with Crippen molar-refractivity contribution in [3.8, 4) is 5.75 Å². The first-order chi connectivity index (χ1) is 12.0. The fourth-order valence-corrected chi connectivity index (χ4v) is 2.85. The second-order valence-electron chi connectivity index (χ2n) is 5.47. The molecular weight excluding hydrogens is 340 g/mol. The quantitative estimate of drug-likeness (QED) is 0.729. The zero-order valence-corrected chi connectivity index (χ0v) is 15.4. The lowest BCUT2D eigenvalue weighted by atomic mass is 10.1. The summed E-state index contributed by atoms with van der Waals surface area (Å²) in [6, 6.07) is 5.84. The Bertz CT molecular complexity index is 742. The van der Waals surface area contributed by atoms with Crippen LogP contribution in [0.25, 0.3) is 0 Å². The van der Waals surface area contributed by atoms with Crippen LogP contribution in [0.4, 0.5) is 5.13 Å². The van der Waals surface area contributed by atoms with Crippen LogP contribution in [0.2, 0.25) is 0 Å². The van der Waals surface area contributed by atoms with E-state index in [9.17, 15) is 9.59 Å². The molecule has 6 nitrogen and oxygen atoms in total. The molecule has 134 valence electrons. The van der Waals surface area contributed by atoms with E-state index in [1.54, 1.807) is 12.3 Å². The van der Waals surface area contributed by atoms with Gasteiger partial charge in [-0.15, -0.1) is 11.3 Å². The van der Waals surface area contributed by atoms with Crippen molar-refractivity contribution in [1.29, 1.82) is 0 Å². The molecule has 0 atom stereocenters.